The smallest absolute Gasteiger partial charge is 0.0448 e. The predicted molar refractivity (Wildman–Crippen MR) is 34.8 cm³/mol. The summed E-state index contributed by atoms with van der Waals surface area (Å²) in [6.45, 7) is 4.03. The van der Waals surface area contributed by atoms with E-state index in [1.165, 1.54) is 0 Å². The van der Waals surface area contributed by atoms with E-state index in [-0.39, 0.29) is 12.1 Å². The lowest BCUT2D eigenvalue weighted by Gasteiger charge is -2.19. The van der Waals surface area contributed by atoms with Crippen molar-refractivity contribution in [2.45, 2.75) is 25.8 Å². The number of aliphatic hydroxyl groups excluding tert-OH is 1. The molecule has 0 aliphatic heterocycles. The van der Waals surface area contributed by atoms with Gasteiger partial charge in [-0.2, -0.15) is 0 Å². The minimum Gasteiger partial charge on any atom is -0.396 e. The molecule has 50 valence electrons. The van der Waals surface area contributed by atoms with Gasteiger partial charge in [0.15, 0.2) is 0 Å². The minimum absolute atomic E-state index is 0.143. The van der Waals surface area contributed by atoms with Crippen molar-refractivity contribution in [3.05, 3.63) is 0 Å². The Morgan fingerprint density at radius 3 is 2.25 bits per heavy atom. The van der Waals surface area contributed by atoms with Crippen molar-refractivity contribution >= 4 is 11.8 Å². The second kappa shape index (κ2) is 3.28. The second-order valence-electron chi connectivity index (χ2n) is 2.45. The van der Waals surface area contributed by atoms with Gasteiger partial charge in [-0.3, -0.25) is 0 Å². The lowest BCUT2D eigenvalue weighted by atomic mass is 10.0. The summed E-state index contributed by atoms with van der Waals surface area (Å²) in [5.74, 6) is 0. The lowest BCUT2D eigenvalue weighted by Crippen LogP contribution is -2.33. The Morgan fingerprint density at radius 1 is 1.62 bits per heavy atom. The summed E-state index contributed by atoms with van der Waals surface area (Å²) in [5.41, 5.74) is -0.143. The summed E-state index contributed by atoms with van der Waals surface area (Å²) in [4.78, 5) is 2.55. The van der Waals surface area contributed by atoms with Crippen molar-refractivity contribution in [2.24, 2.45) is 0 Å². The van der Waals surface area contributed by atoms with E-state index in [0.29, 0.717) is 6.42 Å². The molecule has 0 unspecified atom stereocenters. The van der Waals surface area contributed by atoms with Crippen LogP contribution in [0.1, 0.15) is 20.3 Å². The maximum Gasteiger partial charge on any atom is 0.0448 e. The van der Waals surface area contributed by atoms with Crippen molar-refractivity contribution in [3.63, 3.8) is 0 Å². The summed E-state index contributed by atoms with van der Waals surface area (Å²) in [5, 5.41) is 8.43. The normalized spacial score (nSPS) is 12.0. The van der Waals surface area contributed by atoms with Gasteiger partial charge in [0, 0.05) is 12.1 Å². The number of nitrogens with one attached hydrogen (secondary N) is 1. The standard InChI is InChI=1S/C5H12ClNO/c1-5(2,7-6)3-4-8/h7-8H,3-4H2,1-2H3. The number of hydrogen-bond acceptors (Lipinski definition) is 2. The molecule has 2 N–H and O–H groups in total. The number of rotatable bonds is 3. The van der Waals surface area contributed by atoms with E-state index in [4.69, 9.17) is 16.9 Å². The van der Waals surface area contributed by atoms with Crippen molar-refractivity contribution in [1.29, 1.82) is 0 Å². The van der Waals surface area contributed by atoms with Gasteiger partial charge in [-0.05, 0) is 32.0 Å². The highest BCUT2D eigenvalue weighted by atomic mass is 35.5. The van der Waals surface area contributed by atoms with Crippen LogP contribution in [-0.2, 0) is 0 Å². The summed E-state index contributed by atoms with van der Waals surface area (Å²) in [6.07, 6.45) is 0.677. The first-order valence-electron chi connectivity index (χ1n) is 2.61. The van der Waals surface area contributed by atoms with Gasteiger partial charge in [0.05, 0.1) is 0 Å². The van der Waals surface area contributed by atoms with E-state index in [1.807, 2.05) is 13.8 Å². The highest BCUT2D eigenvalue weighted by Crippen LogP contribution is 2.06. The average molecular weight is 138 g/mol. The van der Waals surface area contributed by atoms with Crippen LogP contribution in [-0.4, -0.2) is 17.3 Å². The molecule has 0 saturated carbocycles. The van der Waals surface area contributed by atoms with Crippen LogP contribution in [0.15, 0.2) is 0 Å². The molecule has 0 rings (SSSR count). The number of halogens is 1. The van der Waals surface area contributed by atoms with Gasteiger partial charge < -0.3 is 5.11 Å². The first kappa shape index (κ1) is 8.21. The molecule has 0 aliphatic carbocycles. The van der Waals surface area contributed by atoms with Crippen LogP contribution in [0, 0.1) is 0 Å². The topological polar surface area (TPSA) is 32.3 Å². The molecule has 0 spiro atoms. The summed E-state index contributed by atoms with van der Waals surface area (Å²) >= 11 is 5.31. The van der Waals surface area contributed by atoms with E-state index < -0.39 is 0 Å². The largest absolute Gasteiger partial charge is 0.396 e. The molecule has 0 aromatic heterocycles. The zero-order valence-electron chi connectivity index (χ0n) is 5.24. The van der Waals surface area contributed by atoms with Gasteiger partial charge >= 0.3 is 0 Å². The van der Waals surface area contributed by atoms with Crippen molar-refractivity contribution < 1.29 is 5.11 Å². The zero-order valence-corrected chi connectivity index (χ0v) is 6.00. The molecule has 0 aromatic rings. The Kier molecular flexibility index (Phi) is 3.36. The van der Waals surface area contributed by atoms with Crippen molar-refractivity contribution in [3.8, 4) is 0 Å². The van der Waals surface area contributed by atoms with Gasteiger partial charge in [-0.25, -0.2) is 4.84 Å². The minimum atomic E-state index is -0.143. The maximum atomic E-state index is 8.43. The molecule has 0 bridgehead atoms. The number of hydrogen-bond donors (Lipinski definition) is 2. The van der Waals surface area contributed by atoms with E-state index in [1.54, 1.807) is 0 Å². The fourth-order valence-electron chi connectivity index (χ4n) is 0.327. The maximum absolute atomic E-state index is 8.43. The van der Waals surface area contributed by atoms with Crippen LogP contribution >= 0.6 is 11.8 Å². The summed E-state index contributed by atoms with van der Waals surface area (Å²) in [6, 6.07) is 0. The Labute approximate surface area is 55.0 Å². The molecule has 0 fully saturated rings. The van der Waals surface area contributed by atoms with Crippen LogP contribution in [0.3, 0.4) is 0 Å². The third kappa shape index (κ3) is 3.24. The lowest BCUT2D eigenvalue weighted by molar-refractivity contribution is 0.246. The first-order valence-corrected chi connectivity index (χ1v) is 2.99. The highest BCUT2D eigenvalue weighted by molar-refractivity contribution is 6.13. The van der Waals surface area contributed by atoms with Gasteiger partial charge in [-0.15, -0.1) is 0 Å². The molecule has 0 radical (unpaired) electrons. The molecule has 8 heavy (non-hydrogen) atoms. The molecule has 3 heteroatoms. The SMILES string of the molecule is CC(C)(CCO)NCl. The van der Waals surface area contributed by atoms with E-state index in [2.05, 4.69) is 4.84 Å². The van der Waals surface area contributed by atoms with E-state index >= 15 is 0 Å². The van der Waals surface area contributed by atoms with Gasteiger partial charge in [0.25, 0.3) is 0 Å². The third-order valence-corrected chi connectivity index (χ3v) is 1.50. The van der Waals surface area contributed by atoms with Crippen LogP contribution in [0.4, 0.5) is 0 Å². The first-order chi connectivity index (χ1) is 3.62. The molecular formula is C5H12ClNO. The predicted octanol–water partition coefficient (Wildman–Crippen LogP) is 0.891. The summed E-state index contributed by atoms with van der Waals surface area (Å²) in [7, 11) is 0. The van der Waals surface area contributed by atoms with E-state index in [9.17, 15) is 0 Å². The Bertz CT molecular complexity index is 65.4. The third-order valence-electron chi connectivity index (χ3n) is 0.993. The molecule has 0 heterocycles. The number of aliphatic hydroxyl groups is 1. The molecule has 0 saturated heterocycles. The quantitative estimate of drug-likeness (QED) is 0.567. The monoisotopic (exact) mass is 137 g/mol. The van der Waals surface area contributed by atoms with Crippen LogP contribution in [0.25, 0.3) is 0 Å². The fourth-order valence-corrected chi connectivity index (χ4v) is 0.421. The highest BCUT2D eigenvalue weighted by Gasteiger charge is 2.13. The fraction of sp³-hybridized carbons (Fsp3) is 1.00. The van der Waals surface area contributed by atoms with Crippen molar-refractivity contribution in [2.75, 3.05) is 6.61 Å². The van der Waals surface area contributed by atoms with Gasteiger partial charge in [-0.1, -0.05) is 0 Å². The molecule has 0 amide bonds. The zero-order chi connectivity index (χ0) is 6.62. The summed E-state index contributed by atoms with van der Waals surface area (Å²) < 4.78 is 0. The molecule has 0 aromatic carbocycles. The van der Waals surface area contributed by atoms with Crippen molar-refractivity contribution in [1.82, 2.24) is 4.84 Å². The Hall–Kier alpha value is 0.210. The average Bonchev–Trinajstić information content (AvgIpc) is 1.67. The molecular weight excluding hydrogens is 126 g/mol. The molecule has 2 nitrogen and oxygen atoms in total. The van der Waals surface area contributed by atoms with Crippen LogP contribution in [0.2, 0.25) is 0 Å². The van der Waals surface area contributed by atoms with Crippen LogP contribution in [0.5, 0.6) is 0 Å². The van der Waals surface area contributed by atoms with Gasteiger partial charge in [0.1, 0.15) is 0 Å². The van der Waals surface area contributed by atoms with Crippen LogP contribution < -0.4 is 4.84 Å². The molecule has 0 aliphatic rings. The van der Waals surface area contributed by atoms with E-state index in [0.717, 1.165) is 0 Å². The second-order valence-corrected chi connectivity index (χ2v) is 2.64. The Balaban J connectivity index is 3.37. The van der Waals surface area contributed by atoms with Gasteiger partial charge in [0.2, 0.25) is 0 Å². The Morgan fingerprint density at radius 2 is 2.12 bits per heavy atom. The molecule has 0 atom stereocenters.